The van der Waals surface area contributed by atoms with E-state index >= 15 is 0 Å². The first-order chi connectivity index (χ1) is 12.8. The number of hydrogen-bond donors (Lipinski definition) is 1. The molecule has 0 radical (unpaired) electrons. The second-order valence-corrected chi connectivity index (χ2v) is 7.15. The molecule has 1 atom stereocenters. The molecule has 0 aliphatic carbocycles. The average molecular weight is 370 g/mol. The maximum Gasteiger partial charge on any atom is 0.242 e. The highest BCUT2D eigenvalue weighted by molar-refractivity contribution is 5.88. The minimum Gasteiger partial charge on any atom is -0.352 e. The largest absolute Gasteiger partial charge is 0.352 e. The lowest BCUT2D eigenvalue weighted by Gasteiger charge is -2.29. The lowest BCUT2D eigenvalue weighted by molar-refractivity contribution is -0.140. The van der Waals surface area contributed by atoms with Crippen LogP contribution in [-0.2, 0) is 22.6 Å². The van der Waals surface area contributed by atoms with E-state index in [-0.39, 0.29) is 36.6 Å². The van der Waals surface area contributed by atoms with Gasteiger partial charge in [0.2, 0.25) is 11.8 Å². The molecular weight excluding hydrogens is 343 g/mol. The Morgan fingerprint density at radius 1 is 1.04 bits per heavy atom. The second kappa shape index (κ2) is 9.31. The van der Waals surface area contributed by atoms with Gasteiger partial charge in [0, 0.05) is 12.6 Å². The Hall–Kier alpha value is -2.69. The first kappa shape index (κ1) is 20.6. The lowest BCUT2D eigenvalue weighted by Crippen LogP contribution is -2.49. The van der Waals surface area contributed by atoms with Crippen molar-refractivity contribution in [3.63, 3.8) is 0 Å². The van der Waals surface area contributed by atoms with Gasteiger partial charge in [-0.15, -0.1) is 0 Å². The van der Waals surface area contributed by atoms with E-state index in [0.29, 0.717) is 0 Å². The molecule has 0 aromatic heterocycles. The number of benzene rings is 2. The van der Waals surface area contributed by atoms with Crippen LogP contribution >= 0.6 is 0 Å². The Kier molecular flexibility index (Phi) is 7.11. The van der Waals surface area contributed by atoms with Gasteiger partial charge in [-0.25, -0.2) is 4.39 Å². The van der Waals surface area contributed by atoms with E-state index in [4.69, 9.17) is 0 Å². The van der Waals surface area contributed by atoms with Crippen molar-refractivity contribution < 1.29 is 14.0 Å². The number of carbonyl (C=O) groups excluding carboxylic acids is 2. The van der Waals surface area contributed by atoms with Gasteiger partial charge in [-0.1, -0.05) is 42.0 Å². The number of carbonyl (C=O) groups is 2. The zero-order valence-corrected chi connectivity index (χ0v) is 16.3. The summed E-state index contributed by atoms with van der Waals surface area (Å²) in [6.45, 7) is 7.70. The van der Waals surface area contributed by atoms with E-state index in [9.17, 15) is 14.0 Å². The Labute approximate surface area is 160 Å². The van der Waals surface area contributed by atoms with Gasteiger partial charge >= 0.3 is 0 Å². The van der Waals surface area contributed by atoms with Gasteiger partial charge in [-0.2, -0.15) is 0 Å². The molecule has 1 unspecified atom stereocenters. The fourth-order valence-corrected chi connectivity index (χ4v) is 2.87. The lowest BCUT2D eigenvalue weighted by atomic mass is 10.1. The van der Waals surface area contributed by atoms with Crippen molar-refractivity contribution in [1.82, 2.24) is 10.2 Å². The summed E-state index contributed by atoms with van der Waals surface area (Å²) in [5.41, 5.74) is 2.76. The van der Waals surface area contributed by atoms with Gasteiger partial charge in [-0.05, 0) is 51.0 Å². The van der Waals surface area contributed by atoms with Crippen LogP contribution in [0, 0.1) is 12.7 Å². The zero-order chi connectivity index (χ0) is 20.0. The topological polar surface area (TPSA) is 49.4 Å². The molecule has 0 aliphatic heterocycles. The molecule has 2 rings (SSSR count). The van der Waals surface area contributed by atoms with Crippen LogP contribution in [0.1, 0.15) is 37.5 Å². The highest BCUT2D eigenvalue weighted by Gasteiger charge is 2.26. The molecule has 0 spiro atoms. The number of nitrogens with one attached hydrogen (secondary N) is 1. The smallest absolute Gasteiger partial charge is 0.242 e. The van der Waals surface area contributed by atoms with Crippen LogP contribution in [0.25, 0.3) is 0 Å². The molecule has 0 fully saturated rings. The van der Waals surface area contributed by atoms with Crippen LogP contribution < -0.4 is 5.32 Å². The maximum atomic E-state index is 13.2. The zero-order valence-electron chi connectivity index (χ0n) is 16.3. The number of nitrogens with zero attached hydrogens (tertiary/aromatic N) is 1. The molecule has 0 saturated heterocycles. The van der Waals surface area contributed by atoms with Crippen LogP contribution in [0.3, 0.4) is 0 Å². The number of hydrogen-bond acceptors (Lipinski definition) is 2. The van der Waals surface area contributed by atoms with Crippen LogP contribution in [0.15, 0.2) is 48.5 Å². The normalized spacial score (nSPS) is 11.9. The minimum atomic E-state index is -0.630. The van der Waals surface area contributed by atoms with Crippen molar-refractivity contribution in [1.29, 1.82) is 0 Å². The van der Waals surface area contributed by atoms with Gasteiger partial charge in [-0.3, -0.25) is 9.59 Å². The van der Waals surface area contributed by atoms with E-state index in [1.54, 1.807) is 24.0 Å². The third kappa shape index (κ3) is 6.20. The molecule has 2 aromatic carbocycles. The summed E-state index contributed by atoms with van der Waals surface area (Å²) in [6.07, 6.45) is 0.210. The summed E-state index contributed by atoms with van der Waals surface area (Å²) < 4.78 is 13.2. The first-order valence-electron chi connectivity index (χ1n) is 9.16. The van der Waals surface area contributed by atoms with E-state index in [0.717, 1.165) is 16.7 Å². The molecule has 2 amide bonds. The fourth-order valence-electron chi connectivity index (χ4n) is 2.87. The van der Waals surface area contributed by atoms with E-state index < -0.39 is 6.04 Å². The Balaban J connectivity index is 2.22. The second-order valence-electron chi connectivity index (χ2n) is 7.15. The predicted molar refractivity (Wildman–Crippen MR) is 105 cm³/mol. The van der Waals surface area contributed by atoms with Gasteiger partial charge in [0.25, 0.3) is 0 Å². The minimum absolute atomic E-state index is 0.0144. The number of rotatable bonds is 7. The van der Waals surface area contributed by atoms with Crippen molar-refractivity contribution in [3.05, 3.63) is 71.0 Å². The van der Waals surface area contributed by atoms with E-state index in [2.05, 4.69) is 5.32 Å². The van der Waals surface area contributed by atoms with E-state index in [1.807, 2.05) is 45.0 Å². The standard InChI is InChI=1S/C22H27FN2O2/c1-15(2)24-22(27)17(4)25(14-18-8-10-20(23)11-9-18)21(26)13-19-7-5-6-16(3)12-19/h5-12,15,17H,13-14H2,1-4H3,(H,24,27). The van der Waals surface area contributed by atoms with Gasteiger partial charge in [0.05, 0.1) is 6.42 Å². The summed E-state index contributed by atoms with van der Waals surface area (Å²) in [4.78, 5) is 27.0. The molecular formula is C22H27FN2O2. The third-order valence-corrected chi connectivity index (χ3v) is 4.30. The Morgan fingerprint density at radius 2 is 1.70 bits per heavy atom. The van der Waals surface area contributed by atoms with Gasteiger partial charge < -0.3 is 10.2 Å². The molecule has 0 heterocycles. The van der Waals surface area contributed by atoms with Crippen molar-refractivity contribution in [3.8, 4) is 0 Å². The van der Waals surface area contributed by atoms with Crippen molar-refractivity contribution in [2.75, 3.05) is 0 Å². The number of aryl methyl sites for hydroxylation is 1. The summed E-state index contributed by atoms with van der Waals surface area (Å²) in [7, 11) is 0. The van der Waals surface area contributed by atoms with Crippen molar-refractivity contribution >= 4 is 11.8 Å². The average Bonchev–Trinajstić information content (AvgIpc) is 2.60. The molecule has 0 bridgehead atoms. The van der Waals surface area contributed by atoms with Crippen LogP contribution in [0.2, 0.25) is 0 Å². The van der Waals surface area contributed by atoms with Gasteiger partial charge in [0.1, 0.15) is 11.9 Å². The van der Waals surface area contributed by atoms with Crippen LogP contribution in [0.4, 0.5) is 4.39 Å². The molecule has 27 heavy (non-hydrogen) atoms. The fraction of sp³-hybridized carbons (Fsp3) is 0.364. The number of halogens is 1. The SMILES string of the molecule is Cc1cccc(CC(=O)N(Cc2ccc(F)cc2)C(C)C(=O)NC(C)C)c1. The molecule has 2 aromatic rings. The monoisotopic (exact) mass is 370 g/mol. The van der Waals surface area contributed by atoms with Crippen LogP contribution in [0.5, 0.6) is 0 Å². The molecule has 144 valence electrons. The van der Waals surface area contributed by atoms with E-state index in [1.165, 1.54) is 12.1 Å². The molecule has 4 nitrogen and oxygen atoms in total. The summed E-state index contributed by atoms with van der Waals surface area (Å²) in [5.74, 6) is -0.678. The Bertz CT molecular complexity index is 787. The number of amides is 2. The molecule has 0 aliphatic rings. The van der Waals surface area contributed by atoms with Gasteiger partial charge in [0.15, 0.2) is 0 Å². The van der Waals surface area contributed by atoms with Crippen molar-refractivity contribution in [2.24, 2.45) is 0 Å². The van der Waals surface area contributed by atoms with Crippen LogP contribution in [-0.4, -0.2) is 28.8 Å². The highest BCUT2D eigenvalue weighted by atomic mass is 19.1. The van der Waals surface area contributed by atoms with Crippen molar-refractivity contribution in [2.45, 2.75) is 52.7 Å². The summed E-state index contributed by atoms with van der Waals surface area (Å²) in [6, 6.07) is 13.1. The quantitative estimate of drug-likeness (QED) is 0.809. The third-order valence-electron chi connectivity index (χ3n) is 4.30. The molecule has 5 heteroatoms. The summed E-state index contributed by atoms with van der Waals surface area (Å²) in [5, 5.41) is 2.85. The molecule has 1 N–H and O–H groups in total. The predicted octanol–water partition coefficient (Wildman–Crippen LogP) is 3.62. The molecule has 0 saturated carbocycles. The first-order valence-corrected chi connectivity index (χ1v) is 9.16. The maximum absolute atomic E-state index is 13.2. The summed E-state index contributed by atoms with van der Waals surface area (Å²) >= 11 is 0. The Morgan fingerprint density at radius 3 is 2.30 bits per heavy atom. The highest BCUT2D eigenvalue weighted by Crippen LogP contribution is 2.14.